The highest BCUT2D eigenvalue weighted by Crippen LogP contribution is 2.36. The Morgan fingerprint density at radius 2 is 2.05 bits per heavy atom. The highest BCUT2D eigenvalue weighted by molar-refractivity contribution is 9.10. The van der Waals surface area contributed by atoms with Gasteiger partial charge in [-0.05, 0) is 41.0 Å². The Labute approximate surface area is 142 Å². The summed E-state index contributed by atoms with van der Waals surface area (Å²) in [7, 11) is 0. The van der Waals surface area contributed by atoms with Crippen LogP contribution < -0.4 is 10.1 Å². The number of rotatable bonds is 6. The molecule has 1 aromatic carbocycles. The minimum atomic E-state index is 0.475. The summed E-state index contributed by atoms with van der Waals surface area (Å²) in [6.45, 7) is 3.79. The number of pyridine rings is 1. The Hall–Kier alpha value is -0.810. The van der Waals surface area contributed by atoms with E-state index in [1.165, 1.54) is 0 Å². The van der Waals surface area contributed by atoms with E-state index >= 15 is 0 Å². The molecule has 0 saturated heterocycles. The first-order valence-electron chi connectivity index (χ1n) is 6.59. The van der Waals surface area contributed by atoms with Gasteiger partial charge in [0.2, 0.25) is 5.88 Å². The van der Waals surface area contributed by atoms with E-state index in [0.717, 1.165) is 23.1 Å². The third-order valence-corrected chi connectivity index (χ3v) is 4.20. The Morgan fingerprint density at radius 1 is 1.24 bits per heavy atom. The van der Waals surface area contributed by atoms with Crippen LogP contribution in [-0.2, 0) is 6.54 Å². The lowest BCUT2D eigenvalue weighted by Gasteiger charge is -2.09. The van der Waals surface area contributed by atoms with Gasteiger partial charge in [-0.3, -0.25) is 0 Å². The maximum absolute atomic E-state index is 6.14. The Morgan fingerprint density at radius 3 is 2.81 bits per heavy atom. The highest BCUT2D eigenvalue weighted by atomic mass is 79.9. The number of benzene rings is 1. The summed E-state index contributed by atoms with van der Waals surface area (Å²) in [6.07, 6.45) is 1.09. The lowest BCUT2D eigenvalue weighted by atomic mass is 10.3. The van der Waals surface area contributed by atoms with Crippen LogP contribution in [0.25, 0.3) is 0 Å². The third-order valence-electron chi connectivity index (χ3n) is 2.70. The Balaban J connectivity index is 2.12. The minimum Gasteiger partial charge on any atom is -0.437 e. The van der Waals surface area contributed by atoms with Crippen LogP contribution in [0.3, 0.4) is 0 Å². The summed E-state index contributed by atoms with van der Waals surface area (Å²) in [4.78, 5) is 4.43. The van der Waals surface area contributed by atoms with Gasteiger partial charge in [-0.15, -0.1) is 0 Å². The van der Waals surface area contributed by atoms with Gasteiger partial charge in [-0.1, -0.05) is 36.2 Å². The van der Waals surface area contributed by atoms with Crippen molar-refractivity contribution in [1.82, 2.24) is 10.3 Å². The first-order chi connectivity index (χ1) is 10.1. The van der Waals surface area contributed by atoms with Crippen LogP contribution in [0.4, 0.5) is 0 Å². The van der Waals surface area contributed by atoms with Crippen LogP contribution in [0.5, 0.6) is 11.6 Å². The van der Waals surface area contributed by atoms with Crippen molar-refractivity contribution in [3.63, 3.8) is 0 Å². The molecular weight excluding hydrogens is 375 g/mol. The number of hydrogen-bond acceptors (Lipinski definition) is 3. The summed E-state index contributed by atoms with van der Waals surface area (Å²) in [5, 5.41) is 4.31. The molecule has 112 valence electrons. The molecule has 1 N–H and O–H groups in total. The molecule has 21 heavy (non-hydrogen) atoms. The first-order valence-corrected chi connectivity index (χ1v) is 8.14. The smallest absolute Gasteiger partial charge is 0.219 e. The highest BCUT2D eigenvalue weighted by Gasteiger charge is 2.09. The van der Waals surface area contributed by atoms with E-state index in [0.29, 0.717) is 28.2 Å². The summed E-state index contributed by atoms with van der Waals surface area (Å²) in [5.41, 5.74) is 0.917. The van der Waals surface area contributed by atoms with E-state index in [-0.39, 0.29) is 0 Å². The average Bonchev–Trinajstić information content (AvgIpc) is 2.45. The molecule has 0 aliphatic carbocycles. The van der Waals surface area contributed by atoms with Crippen LogP contribution >= 0.6 is 39.1 Å². The van der Waals surface area contributed by atoms with Crippen LogP contribution in [0, 0.1) is 0 Å². The lowest BCUT2D eigenvalue weighted by molar-refractivity contribution is 0.459. The van der Waals surface area contributed by atoms with Crippen molar-refractivity contribution in [1.29, 1.82) is 0 Å². The largest absolute Gasteiger partial charge is 0.437 e. The average molecular weight is 390 g/mol. The summed E-state index contributed by atoms with van der Waals surface area (Å²) < 4.78 is 6.44. The molecule has 0 saturated carbocycles. The fourth-order valence-corrected chi connectivity index (χ4v) is 2.53. The van der Waals surface area contributed by atoms with Gasteiger partial charge in [0.25, 0.3) is 0 Å². The van der Waals surface area contributed by atoms with Crippen molar-refractivity contribution < 1.29 is 4.74 Å². The van der Waals surface area contributed by atoms with Crippen molar-refractivity contribution >= 4 is 39.1 Å². The van der Waals surface area contributed by atoms with Crippen molar-refractivity contribution in [2.24, 2.45) is 0 Å². The van der Waals surface area contributed by atoms with Crippen LogP contribution in [0.2, 0.25) is 10.0 Å². The summed E-state index contributed by atoms with van der Waals surface area (Å²) in [6, 6.07) is 9.00. The summed E-state index contributed by atoms with van der Waals surface area (Å²) >= 11 is 15.5. The molecule has 0 bridgehead atoms. The maximum Gasteiger partial charge on any atom is 0.219 e. The quantitative estimate of drug-likeness (QED) is 0.527. The second-order valence-corrected chi connectivity index (χ2v) is 6.11. The Bertz CT molecular complexity index is 623. The van der Waals surface area contributed by atoms with E-state index in [1.807, 2.05) is 12.1 Å². The van der Waals surface area contributed by atoms with Gasteiger partial charge in [0, 0.05) is 23.2 Å². The molecule has 1 heterocycles. The predicted molar refractivity (Wildman–Crippen MR) is 90.5 cm³/mol. The van der Waals surface area contributed by atoms with E-state index in [4.69, 9.17) is 27.9 Å². The molecule has 2 aromatic rings. The fraction of sp³-hybridized carbons (Fsp3) is 0.267. The molecule has 0 radical (unpaired) electrons. The molecule has 2 rings (SSSR count). The number of ether oxygens (including phenoxy) is 1. The SMILES string of the molecule is CCCNCc1cccc(Oc2cc(Cl)c(Br)cc2Cl)n1. The van der Waals surface area contributed by atoms with Crippen LogP contribution in [0.15, 0.2) is 34.8 Å². The normalized spacial score (nSPS) is 10.7. The van der Waals surface area contributed by atoms with Crippen LogP contribution in [-0.4, -0.2) is 11.5 Å². The Kier molecular flexibility index (Phi) is 6.30. The monoisotopic (exact) mass is 388 g/mol. The number of hydrogen-bond donors (Lipinski definition) is 1. The molecule has 0 atom stereocenters. The van der Waals surface area contributed by atoms with Gasteiger partial charge < -0.3 is 10.1 Å². The molecule has 0 spiro atoms. The maximum atomic E-state index is 6.14. The van der Waals surface area contributed by atoms with Gasteiger partial charge >= 0.3 is 0 Å². The van der Waals surface area contributed by atoms with Gasteiger partial charge in [0.05, 0.1) is 15.7 Å². The molecule has 6 heteroatoms. The molecule has 0 unspecified atom stereocenters. The van der Waals surface area contributed by atoms with E-state index < -0.39 is 0 Å². The molecule has 0 aliphatic rings. The minimum absolute atomic E-state index is 0.475. The third kappa shape index (κ3) is 4.85. The molecular formula is C15H15BrCl2N2O. The molecule has 0 amide bonds. The zero-order valence-corrected chi connectivity index (χ0v) is 14.6. The summed E-state index contributed by atoms with van der Waals surface area (Å²) in [5.74, 6) is 0.974. The fourth-order valence-electron chi connectivity index (χ4n) is 1.70. The molecule has 3 nitrogen and oxygen atoms in total. The van der Waals surface area contributed by atoms with E-state index in [1.54, 1.807) is 18.2 Å². The predicted octanol–water partition coefficient (Wildman–Crippen LogP) is 5.44. The van der Waals surface area contributed by atoms with E-state index in [9.17, 15) is 0 Å². The molecule has 0 aliphatic heterocycles. The number of halogens is 3. The zero-order valence-electron chi connectivity index (χ0n) is 11.5. The van der Waals surface area contributed by atoms with Gasteiger partial charge in [0.1, 0.15) is 5.75 Å². The number of aromatic nitrogens is 1. The van der Waals surface area contributed by atoms with E-state index in [2.05, 4.69) is 33.2 Å². The second-order valence-electron chi connectivity index (χ2n) is 4.44. The van der Waals surface area contributed by atoms with Crippen molar-refractivity contribution in [3.05, 3.63) is 50.5 Å². The van der Waals surface area contributed by atoms with Gasteiger partial charge in [-0.25, -0.2) is 4.98 Å². The van der Waals surface area contributed by atoms with Crippen molar-refractivity contribution in [2.75, 3.05) is 6.54 Å². The van der Waals surface area contributed by atoms with Gasteiger partial charge in [0.15, 0.2) is 0 Å². The number of nitrogens with zero attached hydrogens (tertiary/aromatic N) is 1. The van der Waals surface area contributed by atoms with Crippen molar-refractivity contribution in [2.45, 2.75) is 19.9 Å². The van der Waals surface area contributed by atoms with Crippen LogP contribution in [0.1, 0.15) is 19.0 Å². The molecule has 1 aromatic heterocycles. The first kappa shape index (κ1) is 16.6. The standard InChI is InChI=1S/C15H15BrCl2N2O/c1-2-6-19-9-10-4-3-5-15(20-10)21-14-8-12(17)11(16)7-13(14)18/h3-5,7-8,19H,2,6,9H2,1H3. The van der Waals surface area contributed by atoms with Gasteiger partial charge in [-0.2, -0.15) is 0 Å². The number of nitrogens with one attached hydrogen (secondary N) is 1. The zero-order chi connectivity index (χ0) is 15.2. The molecule has 0 fully saturated rings. The topological polar surface area (TPSA) is 34.1 Å². The lowest BCUT2D eigenvalue weighted by Crippen LogP contribution is -2.14. The second kappa shape index (κ2) is 7.99. The van der Waals surface area contributed by atoms with Crippen molar-refractivity contribution in [3.8, 4) is 11.6 Å².